The molecule has 0 amide bonds. The highest BCUT2D eigenvalue weighted by atomic mass is 16.5. The number of hydrogen-bond acceptors (Lipinski definition) is 4. The van der Waals surface area contributed by atoms with Gasteiger partial charge in [0.25, 0.3) is 0 Å². The van der Waals surface area contributed by atoms with Crippen LogP contribution >= 0.6 is 0 Å². The third-order valence-corrected chi connectivity index (χ3v) is 4.24. The van der Waals surface area contributed by atoms with E-state index in [4.69, 9.17) is 10.00 Å². The summed E-state index contributed by atoms with van der Waals surface area (Å²) in [6.45, 7) is 9.73. The molecule has 0 aliphatic rings. The molecule has 2 aromatic carbocycles. The van der Waals surface area contributed by atoms with Gasteiger partial charge >= 0.3 is 0 Å². The van der Waals surface area contributed by atoms with Gasteiger partial charge in [-0.1, -0.05) is 38.1 Å². The maximum Gasteiger partial charge on any atom is 0.119 e. The zero-order chi connectivity index (χ0) is 17.9. The predicted octanol–water partition coefficient (Wildman–Crippen LogP) is 3.57. The predicted molar refractivity (Wildman–Crippen MR) is 101 cm³/mol. The zero-order valence-corrected chi connectivity index (χ0v) is 15.2. The van der Waals surface area contributed by atoms with E-state index in [0.717, 1.165) is 45.1 Å². The van der Waals surface area contributed by atoms with Crippen molar-refractivity contribution < 1.29 is 4.74 Å². The van der Waals surface area contributed by atoms with Gasteiger partial charge in [-0.15, -0.1) is 0 Å². The summed E-state index contributed by atoms with van der Waals surface area (Å²) in [5.74, 6) is 0.919. The van der Waals surface area contributed by atoms with E-state index >= 15 is 0 Å². The van der Waals surface area contributed by atoms with Gasteiger partial charge in [0.05, 0.1) is 11.6 Å². The molecule has 0 bridgehead atoms. The van der Waals surface area contributed by atoms with Crippen LogP contribution in [-0.2, 0) is 13.1 Å². The maximum absolute atomic E-state index is 8.80. The number of benzene rings is 2. The molecule has 2 rings (SSSR count). The molecule has 0 spiro atoms. The number of ether oxygens (including phenoxy) is 1. The maximum atomic E-state index is 8.80. The molecule has 132 valence electrons. The zero-order valence-electron chi connectivity index (χ0n) is 15.2. The molecule has 0 aliphatic carbocycles. The van der Waals surface area contributed by atoms with Gasteiger partial charge in [-0.25, -0.2) is 0 Å². The summed E-state index contributed by atoms with van der Waals surface area (Å²) in [7, 11) is 0. The van der Waals surface area contributed by atoms with E-state index in [-0.39, 0.29) is 0 Å². The summed E-state index contributed by atoms with van der Waals surface area (Å²) in [4.78, 5) is 2.35. The molecule has 0 aliphatic heterocycles. The van der Waals surface area contributed by atoms with Crippen molar-refractivity contribution in [2.45, 2.75) is 26.9 Å². The van der Waals surface area contributed by atoms with Gasteiger partial charge in [-0.2, -0.15) is 5.26 Å². The Kier molecular flexibility index (Phi) is 7.97. The quantitative estimate of drug-likeness (QED) is 0.720. The Morgan fingerprint density at radius 3 is 2.00 bits per heavy atom. The van der Waals surface area contributed by atoms with E-state index in [2.05, 4.69) is 42.3 Å². The van der Waals surface area contributed by atoms with Crippen LogP contribution in [0.5, 0.6) is 5.75 Å². The van der Waals surface area contributed by atoms with Crippen molar-refractivity contribution in [2.75, 3.05) is 26.2 Å². The SMILES string of the molecule is CCN(CC)CCOc1ccc(CNCc2ccc(C#N)cc2)cc1. The summed E-state index contributed by atoms with van der Waals surface area (Å²) >= 11 is 0. The molecule has 25 heavy (non-hydrogen) atoms. The van der Waals surface area contributed by atoms with Crippen molar-refractivity contribution in [1.82, 2.24) is 10.2 Å². The molecule has 0 saturated carbocycles. The van der Waals surface area contributed by atoms with E-state index in [9.17, 15) is 0 Å². The third-order valence-electron chi connectivity index (χ3n) is 4.24. The standard InChI is InChI=1S/C21H27N3O/c1-3-24(4-2)13-14-25-21-11-9-20(10-12-21)17-23-16-19-7-5-18(15-22)6-8-19/h5-12,23H,3-4,13-14,16-17H2,1-2H3. The Morgan fingerprint density at radius 1 is 0.920 bits per heavy atom. The minimum Gasteiger partial charge on any atom is -0.492 e. The first kappa shape index (κ1) is 19.0. The van der Waals surface area contributed by atoms with Gasteiger partial charge in [0.1, 0.15) is 12.4 Å². The van der Waals surface area contributed by atoms with Crippen LogP contribution in [0.15, 0.2) is 48.5 Å². The Morgan fingerprint density at radius 2 is 1.48 bits per heavy atom. The van der Waals surface area contributed by atoms with Crippen molar-refractivity contribution >= 4 is 0 Å². The molecule has 4 nitrogen and oxygen atoms in total. The summed E-state index contributed by atoms with van der Waals surface area (Å²) in [5.41, 5.74) is 3.10. The first-order chi connectivity index (χ1) is 12.2. The van der Waals surface area contributed by atoms with E-state index in [1.54, 1.807) is 0 Å². The normalized spacial score (nSPS) is 10.6. The van der Waals surface area contributed by atoms with Crippen LogP contribution in [0, 0.1) is 11.3 Å². The first-order valence-electron chi connectivity index (χ1n) is 8.89. The Balaban J connectivity index is 1.71. The van der Waals surface area contributed by atoms with Crippen molar-refractivity contribution in [3.05, 3.63) is 65.2 Å². The molecule has 2 aromatic rings. The van der Waals surface area contributed by atoms with E-state index in [1.165, 1.54) is 11.1 Å². The van der Waals surface area contributed by atoms with Crippen molar-refractivity contribution in [3.8, 4) is 11.8 Å². The lowest BCUT2D eigenvalue weighted by Crippen LogP contribution is -2.27. The van der Waals surface area contributed by atoms with Crippen LogP contribution < -0.4 is 10.1 Å². The second kappa shape index (κ2) is 10.5. The van der Waals surface area contributed by atoms with E-state index in [1.807, 2.05) is 36.4 Å². The molecule has 4 heteroatoms. The number of likely N-dealkylation sites (N-methyl/N-ethyl adjacent to an activating group) is 1. The largest absolute Gasteiger partial charge is 0.492 e. The van der Waals surface area contributed by atoms with Crippen molar-refractivity contribution in [1.29, 1.82) is 5.26 Å². The molecule has 0 aromatic heterocycles. The van der Waals surface area contributed by atoms with Crippen LogP contribution in [-0.4, -0.2) is 31.1 Å². The Labute approximate surface area is 151 Å². The van der Waals surface area contributed by atoms with Crippen molar-refractivity contribution in [3.63, 3.8) is 0 Å². The number of nitrogens with zero attached hydrogens (tertiary/aromatic N) is 2. The molecule has 0 saturated heterocycles. The fourth-order valence-electron chi connectivity index (χ4n) is 2.58. The minimum absolute atomic E-state index is 0.695. The second-order valence-electron chi connectivity index (χ2n) is 5.93. The van der Waals surface area contributed by atoms with Crippen LogP contribution in [0.25, 0.3) is 0 Å². The molecular formula is C21H27N3O. The number of nitriles is 1. The fourth-order valence-corrected chi connectivity index (χ4v) is 2.58. The third kappa shape index (κ3) is 6.58. The molecule has 0 atom stereocenters. The molecule has 0 radical (unpaired) electrons. The van der Waals surface area contributed by atoms with E-state index in [0.29, 0.717) is 5.56 Å². The molecular weight excluding hydrogens is 310 g/mol. The second-order valence-corrected chi connectivity index (χ2v) is 5.93. The molecule has 0 heterocycles. The minimum atomic E-state index is 0.695. The lowest BCUT2D eigenvalue weighted by Gasteiger charge is -2.18. The first-order valence-corrected chi connectivity index (χ1v) is 8.89. The van der Waals surface area contributed by atoms with Gasteiger partial charge in [0, 0.05) is 19.6 Å². The average Bonchev–Trinajstić information content (AvgIpc) is 2.67. The summed E-state index contributed by atoms with van der Waals surface area (Å²) in [6.07, 6.45) is 0. The van der Waals surface area contributed by atoms with Crippen LogP contribution in [0.1, 0.15) is 30.5 Å². The summed E-state index contributed by atoms with van der Waals surface area (Å²) < 4.78 is 5.80. The van der Waals surface area contributed by atoms with Crippen molar-refractivity contribution in [2.24, 2.45) is 0 Å². The Hall–Kier alpha value is -2.35. The highest BCUT2D eigenvalue weighted by Crippen LogP contribution is 2.12. The summed E-state index contributed by atoms with van der Waals surface area (Å²) in [6, 6.07) is 18.0. The Bertz CT molecular complexity index is 655. The van der Waals surface area contributed by atoms with E-state index < -0.39 is 0 Å². The van der Waals surface area contributed by atoms with Crippen LogP contribution in [0.2, 0.25) is 0 Å². The molecule has 0 unspecified atom stereocenters. The lowest BCUT2D eigenvalue weighted by atomic mass is 10.1. The van der Waals surface area contributed by atoms with Crippen LogP contribution in [0.3, 0.4) is 0 Å². The smallest absolute Gasteiger partial charge is 0.119 e. The highest BCUT2D eigenvalue weighted by Gasteiger charge is 2.00. The van der Waals surface area contributed by atoms with Crippen LogP contribution in [0.4, 0.5) is 0 Å². The number of nitrogens with one attached hydrogen (secondary N) is 1. The monoisotopic (exact) mass is 337 g/mol. The van der Waals surface area contributed by atoms with Gasteiger partial charge in [0.15, 0.2) is 0 Å². The lowest BCUT2D eigenvalue weighted by molar-refractivity contribution is 0.223. The topological polar surface area (TPSA) is 48.3 Å². The molecule has 1 N–H and O–H groups in total. The van der Waals surface area contributed by atoms with Gasteiger partial charge in [-0.3, -0.25) is 0 Å². The fraction of sp³-hybridized carbons (Fsp3) is 0.381. The summed E-state index contributed by atoms with van der Waals surface area (Å²) in [5, 5.41) is 12.2. The average molecular weight is 337 g/mol. The van der Waals surface area contributed by atoms with Gasteiger partial charge in [-0.05, 0) is 48.5 Å². The highest BCUT2D eigenvalue weighted by molar-refractivity contribution is 5.31. The van der Waals surface area contributed by atoms with Gasteiger partial charge < -0.3 is 15.0 Å². The molecule has 0 fully saturated rings. The number of rotatable bonds is 10. The van der Waals surface area contributed by atoms with Gasteiger partial charge in [0.2, 0.25) is 0 Å². The number of hydrogen-bond donors (Lipinski definition) is 1.